The molecule has 1 fully saturated rings. The van der Waals surface area contributed by atoms with Crippen LogP contribution in [0.4, 0.5) is 5.69 Å². The number of aromatic nitrogens is 1. The molecule has 5 amide bonds. The molecule has 9 unspecified atom stereocenters. The van der Waals surface area contributed by atoms with Gasteiger partial charge in [-0.1, -0.05) is 65.9 Å². The third-order valence-corrected chi connectivity index (χ3v) is 14.6. The Morgan fingerprint density at radius 3 is 2.17 bits per heavy atom. The Balaban J connectivity index is 1.17. The number of carbonyl (C=O) groups is 7. The molecule has 0 saturated carbocycles. The molecule has 0 radical (unpaired) electrons. The van der Waals surface area contributed by atoms with E-state index in [1.807, 2.05) is 0 Å². The number of aryl methyl sites for hydroxylation is 1. The van der Waals surface area contributed by atoms with Gasteiger partial charge in [-0.05, 0) is 43.7 Å². The number of aliphatic imine (C=N–C) groups is 2. The highest BCUT2D eigenvalue weighted by atomic mass is 32.2. The minimum atomic E-state index is -1.88. The molecule has 30 heteroatoms. The minimum absolute atomic E-state index is 0.0288. The lowest BCUT2D eigenvalue weighted by atomic mass is 9.82. The molecule has 3 aromatic carbocycles. The number of thioether (sulfide) groups is 1. The first kappa shape index (κ1) is 61.0. The lowest BCUT2D eigenvalue weighted by Gasteiger charge is -2.48. The molecule has 81 heavy (non-hydrogen) atoms. The van der Waals surface area contributed by atoms with E-state index in [-0.39, 0.29) is 58.6 Å². The number of oxazole rings is 1. The van der Waals surface area contributed by atoms with Gasteiger partial charge in [0.1, 0.15) is 66.5 Å². The molecular formula is C51H65N13O16S. The summed E-state index contributed by atoms with van der Waals surface area (Å²) in [5.74, 6) is -7.17. The van der Waals surface area contributed by atoms with E-state index in [2.05, 4.69) is 41.6 Å². The number of ether oxygens (including phenoxy) is 1. The molecule has 436 valence electrons. The quantitative estimate of drug-likeness (QED) is 0.0167. The van der Waals surface area contributed by atoms with E-state index in [9.17, 15) is 69.3 Å². The zero-order valence-electron chi connectivity index (χ0n) is 43.7. The van der Waals surface area contributed by atoms with Crippen LogP contribution in [-0.2, 0) is 33.5 Å². The maximum absolute atomic E-state index is 14.9. The Labute approximate surface area is 466 Å². The fourth-order valence-electron chi connectivity index (χ4n) is 9.40. The summed E-state index contributed by atoms with van der Waals surface area (Å²) in [6.45, 7) is -1.16. The maximum atomic E-state index is 14.9. The first-order valence-electron chi connectivity index (χ1n) is 25.4. The largest absolute Gasteiger partial charge is 0.431 e. The fraction of sp³-hybridized carbons (Fsp3) is 0.451. The summed E-state index contributed by atoms with van der Waals surface area (Å²) >= 11 is 1.03. The number of aldehydes is 1. The number of guanidine groups is 2. The Morgan fingerprint density at radius 2 is 1.54 bits per heavy atom. The molecule has 7 rings (SSSR count). The highest BCUT2D eigenvalue weighted by Gasteiger charge is 2.52. The lowest BCUT2D eigenvalue weighted by molar-refractivity contribution is -0.258. The topological polar surface area (TPSA) is 466 Å². The summed E-state index contributed by atoms with van der Waals surface area (Å²) in [7, 11) is 0. The van der Waals surface area contributed by atoms with Crippen LogP contribution in [0.3, 0.4) is 0 Å². The van der Waals surface area contributed by atoms with Crippen molar-refractivity contribution in [3.8, 4) is 0 Å². The van der Waals surface area contributed by atoms with Crippen molar-refractivity contribution in [2.45, 2.75) is 104 Å². The number of hydrogen-bond donors (Lipinski definition) is 15. The number of hydrogen-bond acceptors (Lipinski definition) is 25. The van der Waals surface area contributed by atoms with E-state index in [4.69, 9.17) is 26.4 Å². The molecule has 3 aliphatic rings. The van der Waals surface area contributed by atoms with E-state index >= 15 is 0 Å². The highest BCUT2D eigenvalue weighted by Crippen LogP contribution is 2.39. The normalized spacial score (nSPS) is 23.3. The molecular weight excluding hydrogens is 1080 g/mol. The number of aliphatic hydroxyl groups excluding tert-OH is 7. The number of Topliss-reactive ketones (excluding diaryl/α,β-unsaturated/α-hetero) is 1. The van der Waals surface area contributed by atoms with Gasteiger partial charge in [-0.3, -0.25) is 43.7 Å². The van der Waals surface area contributed by atoms with Crippen molar-refractivity contribution in [2.75, 3.05) is 50.1 Å². The van der Waals surface area contributed by atoms with Crippen molar-refractivity contribution in [1.82, 2.24) is 36.5 Å². The van der Waals surface area contributed by atoms with Crippen molar-refractivity contribution in [3.63, 3.8) is 0 Å². The Bertz CT molecular complexity index is 2970. The summed E-state index contributed by atoms with van der Waals surface area (Å²) in [5, 5.41) is 86.7. The van der Waals surface area contributed by atoms with Gasteiger partial charge in [-0.15, -0.1) is 0 Å². The predicted octanol–water partition coefficient (Wildman–Crippen LogP) is -5.86. The van der Waals surface area contributed by atoms with Gasteiger partial charge < -0.3 is 98.4 Å². The van der Waals surface area contributed by atoms with Crippen molar-refractivity contribution >= 4 is 82.1 Å². The third-order valence-electron chi connectivity index (χ3n) is 13.8. The van der Waals surface area contributed by atoms with Gasteiger partial charge in [0, 0.05) is 17.2 Å². The van der Waals surface area contributed by atoms with Gasteiger partial charge in [-0.25, -0.2) is 4.98 Å². The zero-order chi connectivity index (χ0) is 58.8. The number of rotatable bonds is 25. The van der Waals surface area contributed by atoms with Crippen LogP contribution in [-0.4, -0.2) is 223 Å². The van der Waals surface area contributed by atoms with E-state index in [1.165, 1.54) is 24.0 Å². The molecule has 0 aliphatic carbocycles. The molecule has 29 nitrogen and oxygen atoms in total. The number of amides is 5. The molecule has 3 aliphatic heterocycles. The van der Waals surface area contributed by atoms with Gasteiger partial charge in [0.2, 0.25) is 29.5 Å². The van der Waals surface area contributed by atoms with Crippen LogP contribution in [0.5, 0.6) is 0 Å². The SMILES string of the molecule is Cc1ccc(N(C(=O)CNC(=O)[C@H](CO)NC(=O)[C@H](CO)NC(=O)[C@@H](NC(=O)[C@H](C)N)C(O)C2CN=C(N)N2)[C@H](C=O)C(c2ccc3oc(SCC(=O)c4ccccc4)nc3c2)C2CN=C(N)N2C2OC(CO)C(O)C(O)C2O)cc1. The van der Waals surface area contributed by atoms with Gasteiger partial charge in [-0.2, -0.15) is 0 Å². The lowest BCUT2D eigenvalue weighted by Crippen LogP contribution is -2.67. The van der Waals surface area contributed by atoms with Crippen molar-refractivity contribution in [2.24, 2.45) is 27.2 Å². The van der Waals surface area contributed by atoms with E-state index in [1.54, 1.807) is 67.6 Å². The molecule has 14 atom stereocenters. The summed E-state index contributed by atoms with van der Waals surface area (Å²) in [6, 6.07) is 9.25. The van der Waals surface area contributed by atoms with Crippen molar-refractivity contribution in [3.05, 3.63) is 89.5 Å². The average Bonchev–Trinajstić information content (AvgIpc) is 4.25. The Kier molecular flexibility index (Phi) is 20.5. The smallest absolute Gasteiger partial charge is 0.257 e. The van der Waals surface area contributed by atoms with Crippen LogP contribution in [0, 0.1) is 6.92 Å². The molecule has 1 saturated heterocycles. The number of fused-ring (bicyclic) bond motifs is 1. The van der Waals surface area contributed by atoms with Crippen LogP contribution in [0.1, 0.15) is 34.3 Å². The van der Waals surface area contributed by atoms with Gasteiger partial charge >= 0.3 is 0 Å². The number of nitrogens with two attached hydrogens (primary N) is 3. The predicted molar refractivity (Wildman–Crippen MR) is 289 cm³/mol. The molecule has 4 aromatic rings. The molecule has 18 N–H and O–H groups in total. The van der Waals surface area contributed by atoms with Gasteiger partial charge in [0.05, 0.1) is 63.3 Å². The zero-order valence-corrected chi connectivity index (χ0v) is 44.5. The number of aliphatic hydroxyl groups is 7. The second-order valence-corrected chi connectivity index (χ2v) is 20.3. The summed E-state index contributed by atoms with van der Waals surface area (Å²) < 4.78 is 12.0. The molecule has 0 spiro atoms. The Morgan fingerprint density at radius 1 is 0.864 bits per heavy atom. The summed E-state index contributed by atoms with van der Waals surface area (Å²) in [5.41, 5.74) is 20.0. The van der Waals surface area contributed by atoms with Gasteiger partial charge in [0.25, 0.3) is 5.22 Å². The molecule has 1 aromatic heterocycles. The first-order chi connectivity index (χ1) is 38.7. The number of nitrogens with one attached hydrogen (secondary N) is 5. The maximum Gasteiger partial charge on any atom is 0.257 e. The van der Waals surface area contributed by atoms with Gasteiger partial charge in [0.15, 0.2) is 29.5 Å². The average molecular weight is 1150 g/mol. The van der Waals surface area contributed by atoms with Crippen LogP contribution in [0.25, 0.3) is 11.1 Å². The number of nitrogens with zero attached hydrogens (tertiary/aromatic N) is 5. The fourth-order valence-corrected chi connectivity index (χ4v) is 10.1. The first-order valence-corrected chi connectivity index (χ1v) is 26.4. The monoisotopic (exact) mass is 1150 g/mol. The van der Waals surface area contributed by atoms with Crippen molar-refractivity contribution < 1.29 is 78.5 Å². The minimum Gasteiger partial charge on any atom is -0.431 e. The second-order valence-electron chi connectivity index (χ2n) is 19.4. The van der Waals surface area contributed by atoms with Crippen LogP contribution in [0.2, 0.25) is 0 Å². The Hall–Kier alpha value is -7.65. The van der Waals surface area contributed by atoms with Crippen LogP contribution in [0.15, 0.2) is 92.4 Å². The highest BCUT2D eigenvalue weighted by molar-refractivity contribution is 7.99. The van der Waals surface area contributed by atoms with Crippen molar-refractivity contribution in [1.29, 1.82) is 0 Å². The second kappa shape index (κ2) is 27.2. The number of ketones is 1. The third kappa shape index (κ3) is 14.1. The van der Waals surface area contributed by atoms with Crippen LogP contribution >= 0.6 is 11.8 Å². The van der Waals surface area contributed by atoms with Crippen LogP contribution < -0.4 is 48.7 Å². The number of carbonyl (C=O) groups excluding carboxylic acids is 7. The number of anilines is 1. The standard InChI is InChI=1S/C51H65N13O16S/c1-23-8-11-27(12-9-23)63(37(70)17-55-45(76)30(18-65)58-46(77)31(19-66)59-47(78)39(62-44(75)24(2)52)40(71)29-15-56-49(53)60-29)33(20-67)38(32-16-57-50(54)64(32)48-43(74)42(73)41(72)36(21-68)79-48)26-10-13-35-28(14-26)61-51(80-35)81-22-34(69)25-6-4-3-5-7-25/h3-14,20,24,29-33,36,38-43,48,65-66,68,71-74H,15-19,21-22,52H2,1-2H3,(H2,54,57)(H,55,76)(H,58,77)(H,59,78)(H,62,75)(H3,53,56,60)/t24-,29?,30-,31-,32?,33+,36?,38?,39-,40?,41?,42?,43?,48?/m0/s1. The van der Waals surface area contributed by atoms with E-state index in [0.717, 1.165) is 22.2 Å². The number of benzene rings is 3. The van der Waals surface area contributed by atoms with E-state index < -0.39 is 141 Å². The summed E-state index contributed by atoms with van der Waals surface area (Å²) in [4.78, 5) is 111. The molecule has 0 bridgehead atoms. The summed E-state index contributed by atoms with van der Waals surface area (Å²) in [6.07, 6.45) is -9.79. The van der Waals surface area contributed by atoms with E-state index in [0.29, 0.717) is 17.4 Å². The molecule has 4 heterocycles.